The zero-order valence-electron chi connectivity index (χ0n) is 12.4. The molecule has 1 aromatic carbocycles. The summed E-state index contributed by atoms with van der Waals surface area (Å²) in [6.07, 6.45) is 0.899. The van der Waals surface area contributed by atoms with Crippen LogP contribution in [0.4, 0.5) is 0 Å². The number of benzene rings is 1. The van der Waals surface area contributed by atoms with E-state index < -0.39 is 0 Å². The number of nitrogens with one attached hydrogen (secondary N) is 1. The fourth-order valence-electron chi connectivity index (χ4n) is 2.80. The minimum Gasteiger partial charge on any atom is -0.343 e. The molecule has 5 heteroatoms. The third-order valence-electron chi connectivity index (χ3n) is 4.03. The molecule has 0 unspecified atom stereocenters. The number of nitrogens with zero attached hydrogens (tertiary/aromatic N) is 1. The van der Waals surface area contributed by atoms with Crippen molar-refractivity contribution in [3.8, 4) is 0 Å². The largest absolute Gasteiger partial charge is 0.343 e. The Labute approximate surface area is 133 Å². The van der Waals surface area contributed by atoms with Gasteiger partial charge in [0.1, 0.15) is 0 Å². The van der Waals surface area contributed by atoms with Gasteiger partial charge in [-0.2, -0.15) is 0 Å². The lowest BCUT2D eigenvalue weighted by atomic mass is 10.0. The first-order valence-corrected chi connectivity index (χ1v) is 8.24. The topological polar surface area (TPSA) is 49.4 Å². The second-order valence-electron chi connectivity index (χ2n) is 5.36. The Kier molecular flexibility index (Phi) is 4.24. The van der Waals surface area contributed by atoms with Crippen molar-refractivity contribution in [2.45, 2.75) is 19.4 Å². The highest BCUT2D eigenvalue weighted by molar-refractivity contribution is 7.10. The van der Waals surface area contributed by atoms with Gasteiger partial charge in [0.25, 0.3) is 5.91 Å². The van der Waals surface area contributed by atoms with Crippen molar-refractivity contribution < 1.29 is 9.59 Å². The SMILES string of the molecule is C[C@@H]1c2ccsc2CCN1C(=O)CNC(=O)c1ccccc1. The van der Waals surface area contributed by atoms with Gasteiger partial charge in [-0.3, -0.25) is 9.59 Å². The van der Waals surface area contributed by atoms with Crippen molar-refractivity contribution >= 4 is 23.2 Å². The van der Waals surface area contributed by atoms with Crippen LogP contribution in [0.2, 0.25) is 0 Å². The van der Waals surface area contributed by atoms with Gasteiger partial charge < -0.3 is 10.2 Å². The highest BCUT2D eigenvalue weighted by Crippen LogP contribution is 2.32. The summed E-state index contributed by atoms with van der Waals surface area (Å²) < 4.78 is 0. The van der Waals surface area contributed by atoms with Crippen LogP contribution in [-0.4, -0.2) is 29.8 Å². The van der Waals surface area contributed by atoms with Crippen molar-refractivity contribution in [3.63, 3.8) is 0 Å². The number of thiophene rings is 1. The number of carbonyl (C=O) groups is 2. The van der Waals surface area contributed by atoms with Crippen molar-refractivity contribution in [1.82, 2.24) is 10.2 Å². The maximum atomic E-state index is 12.4. The van der Waals surface area contributed by atoms with E-state index in [-0.39, 0.29) is 24.4 Å². The smallest absolute Gasteiger partial charge is 0.251 e. The van der Waals surface area contributed by atoms with E-state index in [1.165, 1.54) is 10.4 Å². The molecular weight excluding hydrogens is 296 g/mol. The third kappa shape index (κ3) is 2.90. The number of fused-ring (bicyclic) bond motifs is 1. The standard InChI is InChI=1S/C17H18N2O2S/c1-12-14-8-10-22-15(14)7-9-19(12)16(20)11-18-17(21)13-5-3-2-4-6-13/h2-6,8,10,12H,7,9,11H2,1H3,(H,18,21)/t12-/m1/s1. The number of hydrogen-bond donors (Lipinski definition) is 1. The van der Waals surface area contributed by atoms with Crippen LogP contribution < -0.4 is 5.32 Å². The molecular formula is C17H18N2O2S. The summed E-state index contributed by atoms with van der Waals surface area (Å²) >= 11 is 1.75. The van der Waals surface area contributed by atoms with E-state index >= 15 is 0 Å². The molecule has 22 heavy (non-hydrogen) atoms. The fraction of sp³-hybridized carbons (Fsp3) is 0.294. The summed E-state index contributed by atoms with van der Waals surface area (Å²) in [7, 11) is 0. The van der Waals surface area contributed by atoms with E-state index in [1.807, 2.05) is 30.0 Å². The van der Waals surface area contributed by atoms with E-state index in [9.17, 15) is 9.59 Å². The second kappa shape index (κ2) is 6.32. The molecule has 2 amide bonds. The maximum absolute atomic E-state index is 12.4. The van der Waals surface area contributed by atoms with Crippen LogP contribution in [0.5, 0.6) is 0 Å². The van der Waals surface area contributed by atoms with Gasteiger partial charge in [0.2, 0.25) is 5.91 Å². The normalized spacial score (nSPS) is 17.0. The van der Waals surface area contributed by atoms with Crippen LogP contribution in [0, 0.1) is 0 Å². The average molecular weight is 314 g/mol. The van der Waals surface area contributed by atoms with Gasteiger partial charge in [-0.1, -0.05) is 18.2 Å². The fourth-order valence-corrected chi connectivity index (χ4v) is 3.76. The average Bonchev–Trinajstić information content (AvgIpc) is 3.03. The van der Waals surface area contributed by atoms with Crippen LogP contribution in [0.1, 0.15) is 33.8 Å². The molecule has 0 fully saturated rings. The van der Waals surface area contributed by atoms with Gasteiger partial charge in [-0.15, -0.1) is 11.3 Å². The minimum absolute atomic E-state index is 0.0337. The molecule has 0 aliphatic carbocycles. The predicted octanol–water partition coefficient (Wildman–Crippen LogP) is 2.62. The highest BCUT2D eigenvalue weighted by atomic mass is 32.1. The Balaban J connectivity index is 1.60. The molecule has 0 spiro atoms. The third-order valence-corrected chi connectivity index (χ3v) is 5.03. The predicted molar refractivity (Wildman–Crippen MR) is 86.9 cm³/mol. The van der Waals surface area contributed by atoms with E-state index in [0.717, 1.165) is 6.42 Å². The molecule has 0 bridgehead atoms. The molecule has 1 N–H and O–H groups in total. The van der Waals surface area contributed by atoms with Gasteiger partial charge >= 0.3 is 0 Å². The summed E-state index contributed by atoms with van der Waals surface area (Å²) in [4.78, 5) is 27.6. The Morgan fingerprint density at radius 1 is 1.27 bits per heavy atom. The quantitative estimate of drug-likeness (QED) is 0.947. The number of amides is 2. The van der Waals surface area contributed by atoms with Gasteiger partial charge in [-0.25, -0.2) is 0 Å². The zero-order chi connectivity index (χ0) is 15.5. The molecule has 114 valence electrons. The Morgan fingerprint density at radius 2 is 2.05 bits per heavy atom. The Bertz CT molecular complexity index is 681. The highest BCUT2D eigenvalue weighted by Gasteiger charge is 2.28. The lowest BCUT2D eigenvalue weighted by Crippen LogP contribution is -2.44. The summed E-state index contributed by atoms with van der Waals surface area (Å²) in [6.45, 7) is 2.80. The van der Waals surface area contributed by atoms with Crippen LogP contribution in [0.25, 0.3) is 0 Å². The molecule has 1 aliphatic rings. The van der Waals surface area contributed by atoms with Crippen molar-refractivity contribution in [3.05, 3.63) is 57.8 Å². The lowest BCUT2D eigenvalue weighted by Gasteiger charge is -2.33. The summed E-state index contributed by atoms with van der Waals surface area (Å²) in [6, 6.07) is 11.1. The lowest BCUT2D eigenvalue weighted by molar-refractivity contribution is -0.132. The summed E-state index contributed by atoms with van der Waals surface area (Å²) in [5.74, 6) is -0.247. The molecule has 2 aromatic rings. The summed E-state index contributed by atoms with van der Waals surface area (Å²) in [5, 5.41) is 4.78. The molecule has 1 aromatic heterocycles. The molecule has 4 nitrogen and oxygen atoms in total. The molecule has 1 atom stereocenters. The first-order valence-electron chi connectivity index (χ1n) is 7.36. The Morgan fingerprint density at radius 3 is 2.82 bits per heavy atom. The molecule has 2 heterocycles. The van der Waals surface area contributed by atoms with Crippen LogP contribution in [0.15, 0.2) is 41.8 Å². The van der Waals surface area contributed by atoms with E-state index in [1.54, 1.807) is 23.5 Å². The monoisotopic (exact) mass is 314 g/mol. The van der Waals surface area contributed by atoms with Crippen LogP contribution in [-0.2, 0) is 11.2 Å². The number of hydrogen-bond acceptors (Lipinski definition) is 3. The second-order valence-corrected chi connectivity index (χ2v) is 6.36. The van der Waals surface area contributed by atoms with Crippen molar-refractivity contribution in [2.24, 2.45) is 0 Å². The molecule has 3 rings (SSSR count). The maximum Gasteiger partial charge on any atom is 0.251 e. The Hall–Kier alpha value is -2.14. The molecule has 0 saturated carbocycles. The summed E-state index contributed by atoms with van der Waals surface area (Å²) in [5.41, 5.74) is 1.81. The van der Waals surface area contributed by atoms with Gasteiger partial charge in [0, 0.05) is 17.0 Å². The minimum atomic E-state index is -0.213. The molecule has 0 radical (unpaired) electrons. The van der Waals surface area contributed by atoms with Crippen LogP contribution >= 0.6 is 11.3 Å². The zero-order valence-corrected chi connectivity index (χ0v) is 13.2. The number of carbonyl (C=O) groups excluding carboxylic acids is 2. The first kappa shape index (κ1) is 14.8. The van der Waals surface area contributed by atoms with E-state index in [2.05, 4.69) is 16.8 Å². The number of rotatable bonds is 3. The van der Waals surface area contributed by atoms with Crippen molar-refractivity contribution in [2.75, 3.05) is 13.1 Å². The van der Waals surface area contributed by atoms with Crippen LogP contribution in [0.3, 0.4) is 0 Å². The molecule has 1 aliphatic heterocycles. The van der Waals surface area contributed by atoms with Gasteiger partial charge in [0.15, 0.2) is 0 Å². The van der Waals surface area contributed by atoms with Gasteiger partial charge in [-0.05, 0) is 42.5 Å². The van der Waals surface area contributed by atoms with E-state index in [4.69, 9.17) is 0 Å². The molecule has 0 saturated heterocycles. The van der Waals surface area contributed by atoms with E-state index in [0.29, 0.717) is 12.1 Å². The van der Waals surface area contributed by atoms with Gasteiger partial charge in [0.05, 0.1) is 12.6 Å². The van der Waals surface area contributed by atoms with Crippen molar-refractivity contribution in [1.29, 1.82) is 0 Å². The first-order chi connectivity index (χ1) is 10.7.